The van der Waals surface area contributed by atoms with Crippen LogP contribution in [0.3, 0.4) is 0 Å². The summed E-state index contributed by atoms with van der Waals surface area (Å²) < 4.78 is 0. The van der Waals surface area contributed by atoms with Crippen LogP contribution in [0.4, 0.5) is 0 Å². The predicted octanol–water partition coefficient (Wildman–Crippen LogP) is 0.666. The van der Waals surface area contributed by atoms with Crippen LogP contribution in [0.1, 0.15) is 45.4 Å². The van der Waals surface area contributed by atoms with Crippen LogP contribution in [0.15, 0.2) is 0 Å². The SMILES string of the molecule is CC(=O)N1CCCC(C(=O)NCC2(O)CCCC2)C1. The highest BCUT2D eigenvalue weighted by molar-refractivity contribution is 5.80. The molecule has 5 heteroatoms. The van der Waals surface area contributed by atoms with Gasteiger partial charge in [0.1, 0.15) is 0 Å². The second-order valence-corrected chi connectivity index (χ2v) is 5.95. The van der Waals surface area contributed by atoms with Crippen LogP contribution < -0.4 is 5.32 Å². The number of likely N-dealkylation sites (tertiary alicyclic amines) is 1. The summed E-state index contributed by atoms with van der Waals surface area (Å²) in [6.07, 6.45) is 5.33. The number of amides is 2. The monoisotopic (exact) mass is 268 g/mol. The van der Waals surface area contributed by atoms with Crippen LogP contribution in [0.2, 0.25) is 0 Å². The minimum atomic E-state index is -0.704. The van der Waals surface area contributed by atoms with E-state index < -0.39 is 5.60 Å². The fourth-order valence-corrected chi connectivity index (χ4v) is 3.08. The van der Waals surface area contributed by atoms with E-state index >= 15 is 0 Å². The number of hydrogen-bond acceptors (Lipinski definition) is 3. The summed E-state index contributed by atoms with van der Waals surface area (Å²) in [7, 11) is 0. The Hall–Kier alpha value is -1.10. The van der Waals surface area contributed by atoms with E-state index in [-0.39, 0.29) is 17.7 Å². The van der Waals surface area contributed by atoms with Gasteiger partial charge in [-0.3, -0.25) is 9.59 Å². The Morgan fingerprint density at radius 3 is 2.63 bits per heavy atom. The van der Waals surface area contributed by atoms with Gasteiger partial charge < -0.3 is 15.3 Å². The smallest absolute Gasteiger partial charge is 0.225 e. The van der Waals surface area contributed by atoms with Gasteiger partial charge in [-0.15, -0.1) is 0 Å². The van der Waals surface area contributed by atoms with Gasteiger partial charge in [0, 0.05) is 26.6 Å². The molecule has 2 rings (SSSR count). The van der Waals surface area contributed by atoms with Gasteiger partial charge in [0.2, 0.25) is 11.8 Å². The average molecular weight is 268 g/mol. The van der Waals surface area contributed by atoms with Crippen LogP contribution in [-0.2, 0) is 9.59 Å². The van der Waals surface area contributed by atoms with Gasteiger partial charge in [0.05, 0.1) is 11.5 Å². The first kappa shape index (κ1) is 14.3. The summed E-state index contributed by atoms with van der Waals surface area (Å²) in [5.41, 5.74) is -0.704. The molecule has 0 aromatic heterocycles. The molecule has 2 aliphatic rings. The average Bonchev–Trinajstić information content (AvgIpc) is 2.83. The molecular weight excluding hydrogens is 244 g/mol. The minimum Gasteiger partial charge on any atom is -0.388 e. The molecule has 108 valence electrons. The van der Waals surface area contributed by atoms with E-state index in [1.807, 2.05) is 0 Å². The Kier molecular flexibility index (Phi) is 4.45. The van der Waals surface area contributed by atoms with Crippen LogP contribution >= 0.6 is 0 Å². The first-order chi connectivity index (χ1) is 9.00. The van der Waals surface area contributed by atoms with Crippen molar-refractivity contribution in [2.45, 2.75) is 51.0 Å². The first-order valence-electron chi connectivity index (χ1n) is 7.26. The lowest BCUT2D eigenvalue weighted by atomic mass is 9.96. The lowest BCUT2D eigenvalue weighted by molar-refractivity contribution is -0.134. The maximum Gasteiger partial charge on any atom is 0.225 e. The van der Waals surface area contributed by atoms with Crippen molar-refractivity contribution in [2.24, 2.45) is 5.92 Å². The number of nitrogens with one attached hydrogen (secondary N) is 1. The summed E-state index contributed by atoms with van der Waals surface area (Å²) in [5, 5.41) is 13.1. The van der Waals surface area contributed by atoms with Crippen LogP contribution in [0, 0.1) is 5.92 Å². The highest BCUT2D eigenvalue weighted by Crippen LogP contribution is 2.28. The molecule has 1 atom stereocenters. The van der Waals surface area contributed by atoms with E-state index in [0.29, 0.717) is 13.1 Å². The zero-order valence-corrected chi connectivity index (χ0v) is 11.7. The van der Waals surface area contributed by atoms with Crippen LogP contribution in [0.25, 0.3) is 0 Å². The zero-order chi connectivity index (χ0) is 13.9. The number of nitrogens with zero attached hydrogens (tertiary/aromatic N) is 1. The van der Waals surface area contributed by atoms with Crippen molar-refractivity contribution >= 4 is 11.8 Å². The van der Waals surface area contributed by atoms with Gasteiger partial charge in [-0.25, -0.2) is 0 Å². The normalized spacial score (nSPS) is 26.2. The molecule has 5 nitrogen and oxygen atoms in total. The molecule has 2 fully saturated rings. The van der Waals surface area contributed by atoms with Crippen LogP contribution in [-0.4, -0.2) is 47.1 Å². The zero-order valence-electron chi connectivity index (χ0n) is 11.7. The Labute approximate surface area is 114 Å². The number of piperidine rings is 1. The van der Waals surface area contributed by atoms with Gasteiger partial charge in [0.15, 0.2) is 0 Å². The Bertz CT molecular complexity index is 351. The predicted molar refractivity (Wildman–Crippen MR) is 71.4 cm³/mol. The van der Waals surface area contributed by atoms with E-state index in [1.165, 1.54) is 0 Å². The summed E-state index contributed by atoms with van der Waals surface area (Å²) in [6, 6.07) is 0. The molecule has 1 saturated carbocycles. The van der Waals surface area contributed by atoms with E-state index in [9.17, 15) is 14.7 Å². The highest BCUT2D eigenvalue weighted by Gasteiger charge is 2.33. The van der Waals surface area contributed by atoms with Crippen molar-refractivity contribution in [2.75, 3.05) is 19.6 Å². The number of hydrogen-bond donors (Lipinski definition) is 2. The van der Waals surface area contributed by atoms with E-state index in [2.05, 4.69) is 5.32 Å². The fraction of sp³-hybridized carbons (Fsp3) is 0.857. The molecule has 1 saturated heterocycles. The molecule has 1 aliphatic carbocycles. The summed E-state index contributed by atoms with van der Waals surface area (Å²) >= 11 is 0. The Balaban J connectivity index is 1.80. The first-order valence-corrected chi connectivity index (χ1v) is 7.26. The lowest BCUT2D eigenvalue weighted by Crippen LogP contribution is -2.48. The standard InChI is InChI=1S/C14H24N2O3/c1-11(17)16-8-4-5-12(9-16)13(18)15-10-14(19)6-2-3-7-14/h12,19H,2-10H2,1H3,(H,15,18). The highest BCUT2D eigenvalue weighted by atomic mass is 16.3. The second-order valence-electron chi connectivity index (χ2n) is 5.95. The van der Waals surface area contributed by atoms with E-state index in [1.54, 1.807) is 11.8 Å². The maximum atomic E-state index is 12.1. The molecule has 2 amide bonds. The van der Waals surface area contributed by atoms with Gasteiger partial charge in [-0.2, -0.15) is 0 Å². The number of carbonyl (C=O) groups excluding carboxylic acids is 2. The molecule has 0 aromatic carbocycles. The number of rotatable bonds is 3. The van der Waals surface area contributed by atoms with Crippen molar-refractivity contribution in [3.63, 3.8) is 0 Å². The summed E-state index contributed by atoms with van der Waals surface area (Å²) in [5.74, 6) is -0.110. The van der Waals surface area contributed by atoms with Crippen molar-refractivity contribution in [1.82, 2.24) is 10.2 Å². The molecule has 0 radical (unpaired) electrons. The van der Waals surface area contributed by atoms with Crippen LogP contribution in [0.5, 0.6) is 0 Å². The van der Waals surface area contributed by atoms with Gasteiger partial charge in [-0.1, -0.05) is 12.8 Å². The third kappa shape index (κ3) is 3.69. The summed E-state index contributed by atoms with van der Waals surface area (Å²) in [6.45, 7) is 3.16. The third-order valence-electron chi connectivity index (χ3n) is 4.36. The molecular formula is C14H24N2O3. The lowest BCUT2D eigenvalue weighted by Gasteiger charge is -2.32. The van der Waals surface area contributed by atoms with Crippen molar-refractivity contribution in [3.8, 4) is 0 Å². The third-order valence-corrected chi connectivity index (χ3v) is 4.36. The molecule has 1 aliphatic heterocycles. The van der Waals surface area contributed by atoms with Gasteiger partial charge in [0.25, 0.3) is 0 Å². The van der Waals surface area contributed by atoms with Crippen molar-refractivity contribution < 1.29 is 14.7 Å². The molecule has 19 heavy (non-hydrogen) atoms. The van der Waals surface area contributed by atoms with Crippen molar-refractivity contribution in [1.29, 1.82) is 0 Å². The largest absolute Gasteiger partial charge is 0.388 e. The van der Waals surface area contributed by atoms with E-state index in [0.717, 1.165) is 45.1 Å². The maximum absolute atomic E-state index is 12.1. The molecule has 1 unspecified atom stereocenters. The van der Waals surface area contributed by atoms with E-state index in [4.69, 9.17) is 0 Å². The summed E-state index contributed by atoms with van der Waals surface area (Å²) in [4.78, 5) is 25.2. The minimum absolute atomic E-state index is 0.0220. The molecule has 0 aromatic rings. The van der Waals surface area contributed by atoms with Crippen molar-refractivity contribution in [3.05, 3.63) is 0 Å². The molecule has 2 N–H and O–H groups in total. The molecule has 0 spiro atoms. The topological polar surface area (TPSA) is 69.6 Å². The fourth-order valence-electron chi connectivity index (χ4n) is 3.08. The molecule has 0 bridgehead atoms. The second kappa shape index (κ2) is 5.90. The van der Waals surface area contributed by atoms with Gasteiger partial charge in [-0.05, 0) is 25.7 Å². The Morgan fingerprint density at radius 2 is 2.00 bits per heavy atom. The Morgan fingerprint density at radius 1 is 1.32 bits per heavy atom. The quantitative estimate of drug-likeness (QED) is 0.790. The number of aliphatic hydroxyl groups is 1. The number of carbonyl (C=O) groups is 2. The molecule has 1 heterocycles. The van der Waals surface area contributed by atoms with Gasteiger partial charge >= 0.3 is 0 Å².